The first-order valence-electron chi connectivity index (χ1n) is 11.6. The summed E-state index contributed by atoms with van der Waals surface area (Å²) in [5.41, 5.74) is 8.78. The maximum atomic E-state index is 12.1. The van der Waals surface area contributed by atoms with E-state index >= 15 is 0 Å². The average Bonchev–Trinajstić information content (AvgIpc) is 3.63. The molecule has 13 nitrogen and oxygen atoms in total. The summed E-state index contributed by atoms with van der Waals surface area (Å²) in [7, 11) is 0. The molecule has 0 aliphatic rings. The lowest BCUT2D eigenvalue weighted by Gasteiger charge is -2.14. The fourth-order valence-corrected chi connectivity index (χ4v) is 3.69. The third-order valence-electron chi connectivity index (χ3n) is 5.40. The van der Waals surface area contributed by atoms with Crippen LogP contribution in [0.1, 0.15) is 13.3 Å². The van der Waals surface area contributed by atoms with E-state index in [9.17, 15) is 23.1 Å². The number of ether oxygens (including phenoxy) is 2. The van der Waals surface area contributed by atoms with Crippen LogP contribution in [-0.2, 0) is 16.1 Å². The van der Waals surface area contributed by atoms with Gasteiger partial charge in [0, 0.05) is 19.3 Å². The van der Waals surface area contributed by atoms with E-state index in [0.29, 0.717) is 47.8 Å². The Kier molecular flexibility index (Phi) is 8.11. The number of aryl methyl sites for hydroxylation is 1. The van der Waals surface area contributed by atoms with Gasteiger partial charge in [-0.15, -0.1) is 0 Å². The quantitative estimate of drug-likeness (QED) is 0.153. The van der Waals surface area contributed by atoms with Gasteiger partial charge in [-0.3, -0.25) is 0 Å². The Bertz CT molecular complexity index is 1370. The highest BCUT2D eigenvalue weighted by Crippen LogP contribution is 2.36. The standard InChI is InChI=1S/C22H25F3N8O5/c1-2-33-18-14(36-8-4-6-27-9-12(34)11-37-21(35)22(23,24)25)10-29-15(13-5-3-7-28-13)16(18)30-20(33)17-19(26)32-38-31-17/h3,5,7,10,12,27-28,34H,2,4,6,8-9,11H2,1H3,(H2,26,32). The zero-order chi connectivity index (χ0) is 27.3. The van der Waals surface area contributed by atoms with Crippen molar-refractivity contribution in [2.24, 2.45) is 0 Å². The van der Waals surface area contributed by atoms with Gasteiger partial charge in [0.05, 0.1) is 18.5 Å². The van der Waals surface area contributed by atoms with Gasteiger partial charge in [0.15, 0.2) is 23.1 Å². The maximum Gasteiger partial charge on any atom is 0.490 e. The molecule has 0 aliphatic heterocycles. The largest absolute Gasteiger partial charge is 0.490 e. The number of nitrogens with two attached hydrogens (primary N) is 1. The first kappa shape index (κ1) is 26.9. The zero-order valence-electron chi connectivity index (χ0n) is 20.2. The number of H-pyrrole nitrogens is 1. The number of hydrogen-bond acceptors (Lipinski definition) is 11. The van der Waals surface area contributed by atoms with Crippen LogP contribution < -0.4 is 15.8 Å². The Morgan fingerprint density at radius 2 is 2.16 bits per heavy atom. The summed E-state index contributed by atoms with van der Waals surface area (Å²) in [6.45, 7) is 2.22. The van der Waals surface area contributed by atoms with Crippen LogP contribution in [-0.4, -0.2) is 79.5 Å². The van der Waals surface area contributed by atoms with Crippen molar-refractivity contribution < 1.29 is 37.2 Å². The van der Waals surface area contributed by atoms with Crippen LogP contribution >= 0.6 is 0 Å². The van der Waals surface area contributed by atoms with E-state index in [1.54, 1.807) is 12.4 Å². The second kappa shape index (κ2) is 11.5. The third kappa shape index (κ3) is 5.86. The number of imidazole rings is 1. The number of aromatic amines is 1. The second-order valence-electron chi connectivity index (χ2n) is 8.09. The number of alkyl halides is 3. The molecule has 4 aromatic heterocycles. The summed E-state index contributed by atoms with van der Waals surface area (Å²) < 4.78 is 53.1. The molecule has 0 radical (unpaired) electrons. The summed E-state index contributed by atoms with van der Waals surface area (Å²) in [6.07, 6.45) is -2.54. The van der Waals surface area contributed by atoms with Gasteiger partial charge in [-0.1, -0.05) is 0 Å². The highest BCUT2D eigenvalue weighted by Gasteiger charge is 2.41. The summed E-state index contributed by atoms with van der Waals surface area (Å²) in [6, 6.07) is 3.71. The normalized spacial score (nSPS) is 12.7. The van der Waals surface area contributed by atoms with E-state index < -0.39 is 24.9 Å². The predicted octanol–water partition coefficient (Wildman–Crippen LogP) is 1.90. The molecule has 5 N–H and O–H groups in total. The first-order valence-corrected chi connectivity index (χ1v) is 11.6. The average molecular weight is 538 g/mol. The minimum absolute atomic E-state index is 0.0685. The number of aliphatic hydroxyl groups excluding tert-OH is 1. The fourth-order valence-electron chi connectivity index (χ4n) is 3.69. The topological polar surface area (TPSA) is 179 Å². The molecule has 4 rings (SSSR count). The van der Waals surface area contributed by atoms with E-state index in [4.69, 9.17) is 20.1 Å². The molecule has 0 saturated carbocycles. The molecule has 16 heteroatoms. The number of nitrogens with one attached hydrogen (secondary N) is 2. The number of pyridine rings is 1. The summed E-state index contributed by atoms with van der Waals surface area (Å²) in [5.74, 6) is -1.35. The van der Waals surface area contributed by atoms with Crippen molar-refractivity contribution in [1.29, 1.82) is 0 Å². The van der Waals surface area contributed by atoms with E-state index in [0.717, 1.165) is 5.69 Å². The smallest absolute Gasteiger partial charge is 0.490 e. The van der Waals surface area contributed by atoms with Crippen molar-refractivity contribution >= 4 is 22.8 Å². The van der Waals surface area contributed by atoms with Gasteiger partial charge in [0.25, 0.3) is 0 Å². The predicted molar refractivity (Wildman–Crippen MR) is 127 cm³/mol. The molecule has 4 heterocycles. The van der Waals surface area contributed by atoms with Gasteiger partial charge in [-0.05, 0) is 42.3 Å². The number of carbonyl (C=O) groups is 1. The van der Waals surface area contributed by atoms with Crippen LogP contribution in [0.25, 0.3) is 33.9 Å². The lowest BCUT2D eigenvalue weighted by Crippen LogP contribution is -2.34. The van der Waals surface area contributed by atoms with Gasteiger partial charge in [-0.2, -0.15) is 13.2 Å². The second-order valence-corrected chi connectivity index (χ2v) is 8.09. The number of nitrogen functional groups attached to an aromatic ring is 1. The first-order chi connectivity index (χ1) is 18.2. The molecule has 0 spiro atoms. The van der Waals surface area contributed by atoms with Crippen LogP contribution in [0.3, 0.4) is 0 Å². The van der Waals surface area contributed by atoms with Gasteiger partial charge >= 0.3 is 12.1 Å². The van der Waals surface area contributed by atoms with Gasteiger partial charge in [-0.25, -0.2) is 19.4 Å². The number of carbonyl (C=O) groups excluding carboxylic acids is 1. The van der Waals surface area contributed by atoms with Crippen molar-refractivity contribution in [3.05, 3.63) is 24.5 Å². The summed E-state index contributed by atoms with van der Waals surface area (Å²) in [5, 5.41) is 20.1. The highest BCUT2D eigenvalue weighted by atomic mass is 19.4. The number of rotatable bonds is 12. The molecule has 38 heavy (non-hydrogen) atoms. The molecule has 0 aliphatic carbocycles. The lowest BCUT2D eigenvalue weighted by atomic mass is 10.2. The molecule has 0 bridgehead atoms. The number of anilines is 1. The van der Waals surface area contributed by atoms with Crippen molar-refractivity contribution in [1.82, 2.24) is 35.1 Å². The molecule has 0 fully saturated rings. The minimum Gasteiger partial charge on any atom is -0.490 e. The number of esters is 1. The Hall–Kier alpha value is -4.18. The van der Waals surface area contributed by atoms with Crippen LogP contribution in [0.4, 0.5) is 19.0 Å². The van der Waals surface area contributed by atoms with E-state index in [1.165, 1.54) is 0 Å². The summed E-state index contributed by atoms with van der Waals surface area (Å²) >= 11 is 0. The molecule has 0 saturated heterocycles. The molecule has 204 valence electrons. The SMILES string of the molecule is CCn1c(-c2nonc2N)nc2c(-c3ccc[nH]3)ncc(OCCCNCC(O)COC(=O)C(F)(F)F)c21. The number of aliphatic hydroxyl groups is 1. The van der Waals surface area contributed by atoms with Crippen molar-refractivity contribution in [2.75, 3.05) is 32.0 Å². The lowest BCUT2D eigenvalue weighted by molar-refractivity contribution is -0.201. The number of nitrogens with zero attached hydrogens (tertiary/aromatic N) is 5. The molecular formula is C22H25F3N8O5. The van der Waals surface area contributed by atoms with Crippen molar-refractivity contribution in [3.8, 4) is 28.7 Å². The molecule has 0 aromatic carbocycles. The summed E-state index contributed by atoms with van der Waals surface area (Å²) in [4.78, 5) is 23.1. The number of aromatic nitrogens is 6. The monoisotopic (exact) mass is 538 g/mol. The minimum atomic E-state index is -5.10. The van der Waals surface area contributed by atoms with E-state index in [-0.39, 0.29) is 24.7 Å². The molecule has 0 amide bonds. The fraction of sp³-hybridized carbons (Fsp3) is 0.409. The number of fused-ring (bicyclic) bond motifs is 1. The van der Waals surface area contributed by atoms with Crippen LogP contribution in [0.15, 0.2) is 29.2 Å². The van der Waals surface area contributed by atoms with Gasteiger partial charge < -0.3 is 35.2 Å². The van der Waals surface area contributed by atoms with Crippen LogP contribution in [0, 0.1) is 0 Å². The highest BCUT2D eigenvalue weighted by molar-refractivity contribution is 5.95. The molecule has 1 atom stereocenters. The third-order valence-corrected chi connectivity index (χ3v) is 5.40. The maximum absolute atomic E-state index is 12.1. The van der Waals surface area contributed by atoms with Crippen LogP contribution in [0.5, 0.6) is 5.75 Å². The molecular weight excluding hydrogens is 513 g/mol. The van der Waals surface area contributed by atoms with Gasteiger partial charge in [0.2, 0.25) is 0 Å². The van der Waals surface area contributed by atoms with E-state index in [1.807, 2.05) is 23.6 Å². The Balaban J connectivity index is 1.42. The zero-order valence-corrected chi connectivity index (χ0v) is 20.2. The van der Waals surface area contributed by atoms with Crippen LogP contribution in [0.2, 0.25) is 0 Å². The van der Waals surface area contributed by atoms with Crippen molar-refractivity contribution in [3.63, 3.8) is 0 Å². The van der Waals surface area contributed by atoms with Gasteiger partial charge in [0.1, 0.15) is 29.4 Å². The van der Waals surface area contributed by atoms with Crippen molar-refractivity contribution in [2.45, 2.75) is 32.2 Å². The van der Waals surface area contributed by atoms with E-state index in [2.05, 4.69) is 30.3 Å². The number of halogens is 3. The Labute approximate surface area is 213 Å². The number of hydrogen-bond donors (Lipinski definition) is 4. The Morgan fingerprint density at radius 1 is 1.34 bits per heavy atom. The molecule has 4 aromatic rings. The Morgan fingerprint density at radius 3 is 2.82 bits per heavy atom. The molecule has 1 unspecified atom stereocenters.